The second-order valence-electron chi connectivity index (χ2n) is 5.32. The molecule has 0 radical (unpaired) electrons. The van der Waals surface area contributed by atoms with Crippen LogP contribution in [0.5, 0.6) is 0 Å². The molecule has 0 aromatic heterocycles. The summed E-state index contributed by atoms with van der Waals surface area (Å²) in [4.78, 5) is 30.0. The lowest BCUT2D eigenvalue weighted by Gasteiger charge is -2.19. The SMILES string of the molecule is C=C(/C=C(/C)C(=O)N(C)CNc1ccc(I)cc1F)C(=O)NOCCO. The number of aliphatic hydroxyl groups is 1. The van der Waals surface area contributed by atoms with Crippen molar-refractivity contribution < 1.29 is 23.9 Å². The van der Waals surface area contributed by atoms with E-state index in [9.17, 15) is 14.0 Å². The highest BCUT2D eigenvalue weighted by atomic mass is 127. The lowest BCUT2D eigenvalue weighted by molar-refractivity contribution is -0.129. The van der Waals surface area contributed by atoms with Crippen LogP contribution in [0.1, 0.15) is 6.92 Å². The molecule has 9 heteroatoms. The summed E-state index contributed by atoms with van der Waals surface area (Å²) in [6.45, 7) is 4.89. The number of anilines is 1. The molecular weight excluding hydrogens is 456 g/mol. The number of likely N-dealkylation sites (N-methyl/N-ethyl adjacent to an activating group) is 1. The van der Waals surface area contributed by atoms with Crippen LogP contribution in [-0.4, -0.2) is 48.8 Å². The number of aliphatic hydroxyl groups excluding tert-OH is 1. The van der Waals surface area contributed by atoms with E-state index in [1.54, 1.807) is 19.2 Å². The molecule has 26 heavy (non-hydrogen) atoms. The molecule has 1 aromatic rings. The van der Waals surface area contributed by atoms with Gasteiger partial charge in [0.15, 0.2) is 0 Å². The number of rotatable bonds is 9. The molecule has 3 N–H and O–H groups in total. The van der Waals surface area contributed by atoms with Crippen LogP contribution < -0.4 is 10.8 Å². The molecule has 0 aliphatic rings. The molecule has 7 nitrogen and oxygen atoms in total. The first-order chi connectivity index (χ1) is 12.3. The van der Waals surface area contributed by atoms with Crippen molar-refractivity contribution in [3.63, 3.8) is 0 Å². The predicted octanol–water partition coefficient (Wildman–Crippen LogP) is 1.80. The van der Waals surface area contributed by atoms with Crippen LogP contribution in [-0.2, 0) is 14.4 Å². The van der Waals surface area contributed by atoms with Crippen LogP contribution in [0.4, 0.5) is 10.1 Å². The van der Waals surface area contributed by atoms with E-state index in [2.05, 4.69) is 22.2 Å². The lowest BCUT2D eigenvalue weighted by Crippen LogP contribution is -2.32. The Morgan fingerprint density at radius 2 is 2.15 bits per heavy atom. The van der Waals surface area contributed by atoms with Gasteiger partial charge in [0.1, 0.15) is 5.82 Å². The van der Waals surface area contributed by atoms with Gasteiger partial charge in [-0.2, -0.15) is 0 Å². The van der Waals surface area contributed by atoms with Crippen LogP contribution in [0.25, 0.3) is 0 Å². The summed E-state index contributed by atoms with van der Waals surface area (Å²) in [5.41, 5.74) is 2.68. The minimum Gasteiger partial charge on any atom is -0.394 e. The number of hydroxylamine groups is 1. The highest BCUT2D eigenvalue weighted by Gasteiger charge is 2.13. The van der Waals surface area contributed by atoms with Crippen molar-refractivity contribution in [2.24, 2.45) is 0 Å². The van der Waals surface area contributed by atoms with Gasteiger partial charge in [-0.1, -0.05) is 6.58 Å². The Morgan fingerprint density at radius 3 is 2.77 bits per heavy atom. The molecule has 0 heterocycles. The maximum Gasteiger partial charge on any atom is 0.274 e. The first kappa shape index (κ1) is 22.1. The summed E-state index contributed by atoms with van der Waals surface area (Å²) in [5, 5.41) is 11.4. The topological polar surface area (TPSA) is 90.9 Å². The average molecular weight is 477 g/mol. The number of hydrogen-bond donors (Lipinski definition) is 3. The summed E-state index contributed by atoms with van der Waals surface area (Å²) >= 11 is 2.01. The first-order valence-electron chi connectivity index (χ1n) is 7.60. The Bertz CT molecular complexity index is 709. The molecule has 2 amide bonds. The second-order valence-corrected chi connectivity index (χ2v) is 6.56. The van der Waals surface area contributed by atoms with Crippen LogP contribution in [0.2, 0.25) is 0 Å². The molecule has 0 spiro atoms. The van der Waals surface area contributed by atoms with Gasteiger partial charge in [0, 0.05) is 21.8 Å². The highest BCUT2D eigenvalue weighted by molar-refractivity contribution is 14.1. The van der Waals surface area contributed by atoms with Gasteiger partial charge < -0.3 is 15.3 Å². The first-order valence-corrected chi connectivity index (χ1v) is 8.68. The summed E-state index contributed by atoms with van der Waals surface area (Å²) in [5.74, 6) is -1.38. The molecule has 0 unspecified atom stereocenters. The van der Waals surface area contributed by atoms with Crippen molar-refractivity contribution in [1.29, 1.82) is 0 Å². The Labute approximate surface area is 165 Å². The van der Waals surface area contributed by atoms with Crippen molar-refractivity contribution in [2.75, 3.05) is 32.2 Å². The third kappa shape index (κ3) is 7.10. The van der Waals surface area contributed by atoms with Crippen LogP contribution in [0.3, 0.4) is 0 Å². The van der Waals surface area contributed by atoms with E-state index in [1.165, 1.54) is 24.0 Å². The maximum absolute atomic E-state index is 13.8. The fourth-order valence-electron chi connectivity index (χ4n) is 1.83. The van der Waals surface area contributed by atoms with E-state index in [0.717, 1.165) is 3.57 Å². The van der Waals surface area contributed by atoms with Gasteiger partial charge in [-0.05, 0) is 53.8 Å². The Hall–Kier alpha value is -1.98. The third-order valence-corrected chi connectivity index (χ3v) is 3.83. The zero-order valence-electron chi connectivity index (χ0n) is 14.5. The van der Waals surface area contributed by atoms with Gasteiger partial charge in [-0.3, -0.25) is 14.4 Å². The van der Waals surface area contributed by atoms with Crippen molar-refractivity contribution in [1.82, 2.24) is 10.4 Å². The molecule has 142 valence electrons. The fourth-order valence-corrected chi connectivity index (χ4v) is 2.28. The number of halogens is 2. The monoisotopic (exact) mass is 477 g/mol. The minimum atomic E-state index is -0.618. The standard InChI is InChI=1S/C17H21FIN3O4/c1-11(16(24)21-26-7-6-23)8-12(2)17(25)22(3)10-20-15-5-4-13(19)9-14(15)18/h4-5,8-9,20,23H,1,6-7,10H2,2-3H3,(H,21,24)/b12-8-. The second kappa shape index (κ2) is 10.9. The number of carbonyl (C=O) groups excluding carboxylic acids is 2. The number of amides is 2. The summed E-state index contributed by atoms with van der Waals surface area (Å²) in [6.07, 6.45) is 1.32. The van der Waals surface area contributed by atoms with Crippen molar-refractivity contribution in [2.45, 2.75) is 6.92 Å². The molecule has 0 saturated heterocycles. The minimum absolute atomic E-state index is 0.0267. The van der Waals surface area contributed by atoms with E-state index in [1.807, 2.05) is 22.6 Å². The molecule has 0 saturated carbocycles. The van der Waals surface area contributed by atoms with Gasteiger partial charge in [-0.25, -0.2) is 9.87 Å². The number of hydrogen-bond acceptors (Lipinski definition) is 5. The van der Waals surface area contributed by atoms with Crippen molar-refractivity contribution in [3.8, 4) is 0 Å². The quantitative estimate of drug-likeness (QED) is 0.126. The molecule has 0 bridgehead atoms. The van der Waals surface area contributed by atoms with Crippen LogP contribution in [0.15, 0.2) is 42.0 Å². The van der Waals surface area contributed by atoms with Gasteiger partial charge in [0.05, 0.1) is 25.6 Å². The Morgan fingerprint density at radius 1 is 1.46 bits per heavy atom. The maximum atomic E-state index is 13.8. The number of carbonyl (C=O) groups is 2. The summed E-state index contributed by atoms with van der Waals surface area (Å²) < 4.78 is 14.6. The van der Waals surface area contributed by atoms with E-state index >= 15 is 0 Å². The zero-order valence-corrected chi connectivity index (χ0v) is 16.7. The summed E-state index contributed by atoms with van der Waals surface area (Å²) in [6, 6.07) is 4.73. The van der Waals surface area contributed by atoms with E-state index in [-0.39, 0.29) is 42.6 Å². The fraction of sp³-hybridized carbons (Fsp3) is 0.294. The Balaban J connectivity index is 2.60. The number of nitrogens with zero attached hydrogens (tertiary/aromatic N) is 1. The van der Waals surface area contributed by atoms with E-state index in [0.29, 0.717) is 0 Å². The van der Waals surface area contributed by atoms with Gasteiger partial charge in [0.25, 0.3) is 11.8 Å². The largest absolute Gasteiger partial charge is 0.394 e. The highest BCUT2D eigenvalue weighted by Crippen LogP contribution is 2.17. The van der Waals surface area contributed by atoms with Crippen LogP contribution >= 0.6 is 22.6 Å². The van der Waals surface area contributed by atoms with Gasteiger partial charge in [0.2, 0.25) is 0 Å². The van der Waals surface area contributed by atoms with Crippen molar-refractivity contribution >= 4 is 40.1 Å². The molecule has 0 atom stereocenters. The van der Waals surface area contributed by atoms with E-state index in [4.69, 9.17) is 5.11 Å². The predicted molar refractivity (Wildman–Crippen MR) is 104 cm³/mol. The number of nitrogens with one attached hydrogen (secondary N) is 2. The molecular formula is C17H21FIN3O4. The molecule has 0 fully saturated rings. The Kier molecular flexibility index (Phi) is 9.24. The van der Waals surface area contributed by atoms with E-state index < -0.39 is 11.7 Å². The smallest absolute Gasteiger partial charge is 0.274 e. The third-order valence-electron chi connectivity index (χ3n) is 3.16. The normalized spacial score (nSPS) is 11.0. The van der Waals surface area contributed by atoms with Crippen molar-refractivity contribution in [3.05, 3.63) is 51.4 Å². The average Bonchev–Trinajstić information content (AvgIpc) is 2.59. The van der Waals surface area contributed by atoms with Gasteiger partial charge in [-0.15, -0.1) is 0 Å². The molecule has 1 rings (SSSR count). The van der Waals surface area contributed by atoms with Gasteiger partial charge >= 0.3 is 0 Å². The summed E-state index contributed by atoms with van der Waals surface area (Å²) in [7, 11) is 1.55. The van der Waals surface area contributed by atoms with Crippen LogP contribution in [0, 0.1) is 9.39 Å². The molecule has 1 aromatic carbocycles. The molecule has 0 aliphatic carbocycles. The number of benzene rings is 1. The molecule has 0 aliphatic heterocycles. The lowest BCUT2D eigenvalue weighted by atomic mass is 10.1. The zero-order chi connectivity index (χ0) is 19.7.